The van der Waals surface area contributed by atoms with E-state index in [1.807, 2.05) is 0 Å². The molecule has 0 aliphatic rings. The van der Waals surface area contributed by atoms with Crippen LogP contribution in [-0.2, 0) is 17.9 Å². The molecule has 0 heterocycles. The Hall–Kier alpha value is -0.930. The van der Waals surface area contributed by atoms with Crippen LogP contribution in [0.5, 0.6) is 0 Å². The molecule has 0 saturated carbocycles. The fourth-order valence-electron chi connectivity index (χ4n) is 2.10. The van der Waals surface area contributed by atoms with Crippen LogP contribution >= 0.6 is 0 Å². The number of halogens is 1. The molecule has 2 nitrogen and oxygen atoms in total. The lowest BCUT2D eigenvalue weighted by Crippen LogP contribution is -2.09. The minimum Gasteiger partial charge on any atom is -0.376 e. The number of hydrogen-bond donors (Lipinski definition) is 1. The highest BCUT2D eigenvalue weighted by molar-refractivity contribution is 5.24. The van der Waals surface area contributed by atoms with Crippen molar-refractivity contribution in [1.29, 1.82) is 0 Å². The lowest BCUT2D eigenvalue weighted by molar-refractivity contribution is 0.0801. The molecule has 1 aromatic carbocycles. The predicted molar refractivity (Wildman–Crippen MR) is 77.3 cm³/mol. The van der Waals surface area contributed by atoms with Crippen molar-refractivity contribution in [3.63, 3.8) is 0 Å². The largest absolute Gasteiger partial charge is 0.376 e. The van der Waals surface area contributed by atoms with E-state index in [1.165, 1.54) is 25.3 Å². The molecule has 0 aliphatic carbocycles. The van der Waals surface area contributed by atoms with Crippen LogP contribution in [0.3, 0.4) is 0 Å². The monoisotopic (exact) mass is 267 g/mol. The smallest absolute Gasteiger partial charge is 0.128 e. The highest BCUT2D eigenvalue weighted by Gasteiger charge is 2.08. The maximum Gasteiger partial charge on any atom is 0.128 e. The van der Waals surface area contributed by atoms with Gasteiger partial charge >= 0.3 is 0 Å². The molecule has 1 rings (SSSR count). The van der Waals surface area contributed by atoms with Crippen LogP contribution in [0.2, 0.25) is 0 Å². The zero-order valence-corrected chi connectivity index (χ0v) is 12.1. The molecule has 0 aliphatic heterocycles. The molecule has 0 saturated heterocycles. The van der Waals surface area contributed by atoms with E-state index in [0.717, 1.165) is 12.0 Å². The summed E-state index contributed by atoms with van der Waals surface area (Å²) < 4.78 is 19.3. The number of unbranched alkanes of at least 4 members (excludes halogenated alkanes) is 1. The average molecular weight is 267 g/mol. The minimum atomic E-state index is -0.209. The first-order valence-electron chi connectivity index (χ1n) is 7.26. The number of rotatable bonds is 9. The van der Waals surface area contributed by atoms with Crippen LogP contribution in [0.4, 0.5) is 4.39 Å². The summed E-state index contributed by atoms with van der Waals surface area (Å²) >= 11 is 0. The highest BCUT2D eigenvalue weighted by atomic mass is 19.1. The summed E-state index contributed by atoms with van der Waals surface area (Å²) in [6, 6.07) is 4.98. The van der Waals surface area contributed by atoms with E-state index in [4.69, 9.17) is 10.5 Å². The van der Waals surface area contributed by atoms with Crippen molar-refractivity contribution in [2.75, 3.05) is 6.61 Å². The zero-order valence-electron chi connectivity index (χ0n) is 12.1. The van der Waals surface area contributed by atoms with E-state index in [1.54, 1.807) is 12.1 Å². The second kappa shape index (κ2) is 9.05. The fourth-order valence-corrected chi connectivity index (χ4v) is 2.10. The van der Waals surface area contributed by atoms with Crippen molar-refractivity contribution in [2.45, 2.75) is 52.7 Å². The van der Waals surface area contributed by atoms with Crippen LogP contribution in [0.1, 0.15) is 50.7 Å². The van der Waals surface area contributed by atoms with Gasteiger partial charge in [0.05, 0.1) is 6.61 Å². The minimum absolute atomic E-state index is 0.209. The number of benzene rings is 1. The Balaban J connectivity index is 2.43. The van der Waals surface area contributed by atoms with Crippen molar-refractivity contribution < 1.29 is 9.13 Å². The van der Waals surface area contributed by atoms with Crippen LogP contribution in [0, 0.1) is 11.7 Å². The normalized spacial score (nSPS) is 12.6. The van der Waals surface area contributed by atoms with Gasteiger partial charge in [-0.25, -0.2) is 4.39 Å². The van der Waals surface area contributed by atoms with E-state index in [0.29, 0.717) is 31.2 Å². The van der Waals surface area contributed by atoms with Crippen molar-refractivity contribution in [3.05, 3.63) is 35.1 Å². The summed E-state index contributed by atoms with van der Waals surface area (Å²) in [7, 11) is 0. The summed E-state index contributed by atoms with van der Waals surface area (Å²) in [6.45, 7) is 5.85. The number of hydrogen-bond acceptors (Lipinski definition) is 2. The van der Waals surface area contributed by atoms with Gasteiger partial charge in [0, 0.05) is 18.7 Å². The van der Waals surface area contributed by atoms with Gasteiger partial charge in [-0.3, -0.25) is 0 Å². The van der Waals surface area contributed by atoms with E-state index < -0.39 is 0 Å². The summed E-state index contributed by atoms with van der Waals surface area (Å²) in [5, 5.41) is 0. The third-order valence-electron chi connectivity index (χ3n) is 3.50. The molecular formula is C16H26FNO. The Morgan fingerprint density at radius 2 is 2.11 bits per heavy atom. The van der Waals surface area contributed by atoms with Crippen molar-refractivity contribution in [1.82, 2.24) is 0 Å². The second-order valence-corrected chi connectivity index (χ2v) is 5.06. The molecule has 0 fully saturated rings. The Morgan fingerprint density at radius 3 is 2.74 bits per heavy atom. The van der Waals surface area contributed by atoms with Crippen LogP contribution in [-0.4, -0.2) is 6.61 Å². The summed E-state index contributed by atoms with van der Waals surface area (Å²) in [5.41, 5.74) is 7.11. The SMILES string of the molecule is CCCCC(CC)COCc1cc(CN)ccc1F. The molecule has 3 heteroatoms. The van der Waals surface area contributed by atoms with Gasteiger partial charge in [0.2, 0.25) is 0 Å². The first-order valence-corrected chi connectivity index (χ1v) is 7.26. The van der Waals surface area contributed by atoms with E-state index in [9.17, 15) is 4.39 Å². The molecule has 0 aromatic heterocycles. The fraction of sp³-hybridized carbons (Fsp3) is 0.625. The summed E-state index contributed by atoms with van der Waals surface area (Å²) in [6.07, 6.45) is 4.76. The van der Waals surface area contributed by atoms with Gasteiger partial charge in [0.1, 0.15) is 5.82 Å². The Labute approximate surface area is 116 Å². The molecule has 0 amide bonds. The first kappa shape index (κ1) is 16.1. The van der Waals surface area contributed by atoms with Crippen LogP contribution < -0.4 is 5.73 Å². The van der Waals surface area contributed by atoms with E-state index in [2.05, 4.69) is 13.8 Å². The Bertz CT molecular complexity index is 368. The Kier molecular flexibility index (Phi) is 7.68. The first-order chi connectivity index (χ1) is 9.21. The van der Waals surface area contributed by atoms with Crippen molar-refractivity contribution in [2.24, 2.45) is 11.7 Å². The molecule has 0 spiro atoms. The molecule has 2 N–H and O–H groups in total. The molecule has 0 radical (unpaired) electrons. The zero-order chi connectivity index (χ0) is 14.1. The Morgan fingerprint density at radius 1 is 1.32 bits per heavy atom. The van der Waals surface area contributed by atoms with Crippen LogP contribution in [0.15, 0.2) is 18.2 Å². The molecule has 1 unspecified atom stereocenters. The van der Waals surface area contributed by atoms with Crippen molar-refractivity contribution >= 4 is 0 Å². The molecule has 1 atom stereocenters. The topological polar surface area (TPSA) is 35.2 Å². The summed E-state index contributed by atoms with van der Waals surface area (Å²) in [4.78, 5) is 0. The van der Waals surface area contributed by atoms with Gasteiger partial charge in [0.15, 0.2) is 0 Å². The maximum atomic E-state index is 13.6. The van der Waals surface area contributed by atoms with Gasteiger partial charge in [-0.05, 0) is 30.0 Å². The standard InChI is InChI=1S/C16H26FNO/c1-3-5-6-13(4-2)11-19-12-15-9-14(10-18)7-8-16(15)17/h7-9,13H,3-6,10-12,18H2,1-2H3. The lowest BCUT2D eigenvalue weighted by Gasteiger charge is -2.15. The molecule has 1 aromatic rings. The van der Waals surface area contributed by atoms with Crippen molar-refractivity contribution in [3.8, 4) is 0 Å². The van der Waals surface area contributed by atoms with Gasteiger partial charge in [-0.15, -0.1) is 0 Å². The lowest BCUT2D eigenvalue weighted by atomic mass is 10.0. The maximum absolute atomic E-state index is 13.6. The molecule has 0 bridgehead atoms. The quantitative estimate of drug-likeness (QED) is 0.733. The number of ether oxygens (including phenoxy) is 1. The third-order valence-corrected chi connectivity index (χ3v) is 3.50. The predicted octanol–water partition coefficient (Wildman–Crippen LogP) is 4.02. The molecule has 108 valence electrons. The molecular weight excluding hydrogens is 241 g/mol. The average Bonchev–Trinajstić information content (AvgIpc) is 2.44. The highest BCUT2D eigenvalue weighted by Crippen LogP contribution is 2.16. The third kappa shape index (κ3) is 5.70. The van der Waals surface area contributed by atoms with E-state index >= 15 is 0 Å². The van der Waals surface area contributed by atoms with E-state index in [-0.39, 0.29) is 5.82 Å². The van der Waals surface area contributed by atoms with Crippen LogP contribution in [0.25, 0.3) is 0 Å². The number of nitrogens with two attached hydrogens (primary N) is 1. The molecule has 19 heavy (non-hydrogen) atoms. The van der Waals surface area contributed by atoms with Gasteiger partial charge in [-0.2, -0.15) is 0 Å². The van der Waals surface area contributed by atoms with Gasteiger partial charge < -0.3 is 10.5 Å². The summed E-state index contributed by atoms with van der Waals surface area (Å²) in [5.74, 6) is 0.375. The second-order valence-electron chi connectivity index (χ2n) is 5.06. The van der Waals surface area contributed by atoms with Gasteiger partial charge in [-0.1, -0.05) is 39.2 Å². The van der Waals surface area contributed by atoms with Gasteiger partial charge in [0.25, 0.3) is 0 Å².